The van der Waals surface area contributed by atoms with E-state index in [1.807, 2.05) is 57.6 Å². The minimum absolute atomic E-state index is 0.0660. The lowest BCUT2D eigenvalue weighted by atomic mass is 10.0. The van der Waals surface area contributed by atoms with Gasteiger partial charge in [-0.25, -0.2) is 0 Å². The summed E-state index contributed by atoms with van der Waals surface area (Å²) in [6.07, 6.45) is 0.432. The Morgan fingerprint density at radius 2 is 1.91 bits per heavy atom. The van der Waals surface area contributed by atoms with Gasteiger partial charge in [0.15, 0.2) is 0 Å². The monoisotopic (exact) mass is 328 g/mol. The fourth-order valence-electron chi connectivity index (χ4n) is 2.99. The third-order valence-corrected chi connectivity index (χ3v) is 5.11. The number of carbonyl (C=O) groups excluding carboxylic acids is 2. The van der Waals surface area contributed by atoms with Gasteiger partial charge in [-0.2, -0.15) is 0 Å². The highest BCUT2D eigenvalue weighted by atomic mass is 32.1. The number of hydrogen-bond donors (Lipinski definition) is 0. The molecule has 0 bridgehead atoms. The van der Waals surface area contributed by atoms with E-state index in [9.17, 15) is 9.59 Å². The molecule has 1 aliphatic rings. The predicted octanol–water partition coefficient (Wildman–Crippen LogP) is 2.72. The molecule has 2 aromatic rings. The number of benzene rings is 1. The van der Waals surface area contributed by atoms with Crippen molar-refractivity contribution in [3.8, 4) is 0 Å². The Morgan fingerprint density at radius 1 is 1.13 bits per heavy atom. The molecule has 0 spiro atoms. The topological polar surface area (TPSA) is 40.6 Å². The smallest absolute Gasteiger partial charge is 0.228 e. The number of thiophene rings is 1. The quantitative estimate of drug-likeness (QED) is 0.869. The van der Waals surface area contributed by atoms with Gasteiger partial charge >= 0.3 is 0 Å². The first-order valence-electron chi connectivity index (χ1n) is 7.77. The van der Waals surface area contributed by atoms with Crippen LogP contribution in [0.5, 0.6) is 0 Å². The molecule has 1 aromatic carbocycles. The first kappa shape index (κ1) is 15.7. The summed E-state index contributed by atoms with van der Waals surface area (Å²) in [6.45, 7) is 3.35. The minimum Gasteiger partial charge on any atom is -0.339 e. The van der Waals surface area contributed by atoms with Crippen LogP contribution in [0.25, 0.3) is 0 Å². The molecule has 1 aliphatic heterocycles. The van der Waals surface area contributed by atoms with Gasteiger partial charge in [0.05, 0.1) is 12.5 Å². The molecular formula is C18H20N2O2S. The van der Waals surface area contributed by atoms with E-state index in [1.54, 1.807) is 18.3 Å². The van der Waals surface area contributed by atoms with Gasteiger partial charge < -0.3 is 9.80 Å². The van der Waals surface area contributed by atoms with Crippen LogP contribution >= 0.6 is 11.3 Å². The van der Waals surface area contributed by atoms with Gasteiger partial charge in [-0.1, -0.05) is 36.4 Å². The zero-order chi connectivity index (χ0) is 16.2. The number of amides is 2. The van der Waals surface area contributed by atoms with Crippen LogP contribution in [0.3, 0.4) is 0 Å². The molecule has 0 unspecified atom stereocenters. The fourth-order valence-corrected chi connectivity index (χ4v) is 3.69. The third kappa shape index (κ3) is 3.62. The fraction of sp³-hybridized carbons (Fsp3) is 0.333. The average molecular weight is 328 g/mol. The van der Waals surface area contributed by atoms with Crippen molar-refractivity contribution in [1.29, 1.82) is 0 Å². The summed E-state index contributed by atoms with van der Waals surface area (Å²) in [5.41, 5.74) is 1.08. The van der Waals surface area contributed by atoms with Crippen LogP contribution in [0.4, 0.5) is 0 Å². The molecule has 0 radical (unpaired) electrons. The summed E-state index contributed by atoms with van der Waals surface area (Å²) in [7, 11) is 0. The maximum Gasteiger partial charge on any atom is 0.228 e. The van der Waals surface area contributed by atoms with Gasteiger partial charge in [-0.15, -0.1) is 11.3 Å². The highest BCUT2D eigenvalue weighted by Gasteiger charge is 2.32. The highest BCUT2D eigenvalue weighted by molar-refractivity contribution is 7.10. The first-order valence-corrected chi connectivity index (χ1v) is 8.65. The molecule has 0 N–H and O–H groups in total. The average Bonchev–Trinajstić information content (AvgIpc) is 3.08. The van der Waals surface area contributed by atoms with E-state index < -0.39 is 0 Å². The van der Waals surface area contributed by atoms with E-state index in [2.05, 4.69) is 0 Å². The van der Waals surface area contributed by atoms with E-state index in [1.165, 1.54) is 0 Å². The van der Waals surface area contributed by atoms with E-state index in [0.717, 1.165) is 10.4 Å². The maximum absolute atomic E-state index is 12.8. The predicted molar refractivity (Wildman–Crippen MR) is 91.2 cm³/mol. The van der Waals surface area contributed by atoms with E-state index in [0.29, 0.717) is 26.1 Å². The molecule has 2 amide bonds. The molecule has 1 fully saturated rings. The van der Waals surface area contributed by atoms with E-state index >= 15 is 0 Å². The molecule has 0 aliphatic carbocycles. The van der Waals surface area contributed by atoms with Crippen LogP contribution in [0.2, 0.25) is 0 Å². The van der Waals surface area contributed by atoms with Crippen molar-refractivity contribution >= 4 is 23.2 Å². The zero-order valence-electron chi connectivity index (χ0n) is 13.1. The van der Waals surface area contributed by atoms with Crippen molar-refractivity contribution in [3.05, 3.63) is 58.3 Å². The van der Waals surface area contributed by atoms with Gasteiger partial charge in [0.1, 0.15) is 0 Å². The molecule has 23 heavy (non-hydrogen) atoms. The van der Waals surface area contributed by atoms with Crippen LogP contribution in [0, 0.1) is 0 Å². The van der Waals surface area contributed by atoms with Gasteiger partial charge in [-0.05, 0) is 17.0 Å². The van der Waals surface area contributed by atoms with Crippen molar-refractivity contribution in [2.24, 2.45) is 0 Å². The Balaban J connectivity index is 1.81. The Bertz CT molecular complexity index is 670. The van der Waals surface area contributed by atoms with Crippen LogP contribution < -0.4 is 0 Å². The molecule has 1 atom stereocenters. The molecule has 4 nitrogen and oxygen atoms in total. The normalized spacial score (nSPS) is 18.0. The summed E-state index contributed by atoms with van der Waals surface area (Å²) >= 11 is 1.61. The summed E-state index contributed by atoms with van der Waals surface area (Å²) in [5, 5.41) is 1.99. The van der Waals surface area contributed by atoms with Crippen LogP contribution in [-0.4, -0.2) is 41.2 Å². The summed E-state index contributed by atoms with van der Waals surface area (Å²) in [5.74, 6) is 0.195. The number of hydrogen-bond acceptors (Lipinski definition) is 3. The molecule has 3 rings (SSSR count). The second-order valence-corrected chi connectivity index (χ2v) is 6.77. The lowest BCUT2D eigenvalue weighted by molar-refractivity contribution is -0.141. The lowest BCUT2D eigenvalue weighted by Crippen LogP contribution is -2.52. The summed E-state index contributed by atoms with van der Waals surface area (Å²) in [4.78, 5) is 29.3. The Kier molecular flexibility index (Phi) is 4.76. The van der Waals surface area contributed by atoms with Crippen LogP contribution in [0.1, 0.15) is 23.4 Å². The Morgan fingerprint density at radius 3 is 2.57 bits per heavy atom. The summed E-state index contributed by atoms with van der Waals surface area (Å²) in [6, 6.07) is 13.9. The SMILES string of the molecule is CC(=O)N1CCN(C(=O)Cc2cccs2)[C@H](c2ccccc2)C1. The Hall–Kier alpha value is -2.14. The highest BCUT2D eigenvalue weighted by Crippen LogP contribution is 2.26. The van der Waals surface area contributed by atoms with Gasteiger partial charge in [0, 0.05) is 31.4 Å². The zero-order valence-corrected chi connectivity index (χ0v) is 14.0. The molecule has 0 saturated carbocycles. The molecule has 5 heteroatoms. The van der Waals surface area contributed by atoms with Gasteiger partial charge in [0.25, 0.3) is 0 Å². The largest absolute Gasteiger partial charge is 0.339 e. The number of nitrogens with zero attached hydrogens (tertiary/aromatic N) is 2. The number of rotatable bonds is 3. The second-order valence-electron chi connectivity index (χ2n) is 5.73. The second kappa shape index (κ2) is 6.96. The Labute approximate surface area is 140 Å². The molecule has 1 saturated heterocycles. The molecule has 120 valence electrons. The number of piperazine rings is 1. The van der Waals surface area contributed by atoms with Gasteiger partial charge in [-0.3, -0.25) is 9.59 Å². The maximum atomic E-state index is 12.8. The van der Waals surface area contributed by atoms with Crippen molar-refractivity contribution in [1.82, 2.24) is 9.80 Å². The standard InChI is InChI=1S/C18H20N2O2S/c1-14(21)19-9-10-20(18(22)12-16-8-5-11-23-16)17(13-19)15-6-3-2-4-7-15/h2-8,11,17H,9-10,12-13H2,1H3/t17-/m0/s1. The lowest BCUT2D eigenvalue weighted by Gasteiger charge is -2.41. The van der Waals surface area contributed by atoms with Gasteiger partial charge in [0.2, 0.25) is 11.8 Å². The molecular weight excluding hydrogens is 308 g/mol. The van der Waals surface area contributed by atoms with E-state index in [-0.39, 0.29) is 17.9 Å². The number of carbonyl (C=O) groups is 2. The molecule has 1 aromatic heterocycles. The summed E-state index contributed by atoms with van der Waals surface area (Å²) < 4.78 is 0. The van der Waals surface area contributed by atoms with Crippen LogP contribution in [-0.2, 0) is 16.0 Å². The molecule has 2 heterocycles. The first-order chi connectivity index (χ1) is 11.1. The third-order valence-electron chi connectivity index (χ3n) is 4.24. The van der Waals surface area contributed by atoms with Crippen molar-refractivity contribution in [3.63, 3.8) is 0 Å². The minimum atomic E-state index is -0.0682. The van der Waals surface area contributed by atoms with Crippen molar-refractivity contribution in [2.45, 2.75) is 19.4 Å². The van der Waals surface area contributed by atoms with Crippen LogP contribution in [0.15, 0.2) is 47.8 Å². The van der Waals surface area contributed by atoms with E-state index in [4.69, 9.17) is 0 Å². The van der Waals surface area contributed by atoms with Crippen molar-refractivity contribution in [2.75, 3.05) is 19.6 Å². The van der Waals surface area contributed by atoms with Crippen molar-refractivity contribution < 1.29 is 9.59 Å².